The fourth-order valence-electron chi connectivity index (χ4n) is 10.5. The molecule has 11 aromatic rings. The number of hydrogen-bond acceptors (Lipinski definition) is 4. The number of rotatable bonds is 6. The molecule has 0 saturated heterocycles. The van der Waals surface area contributed by atoms with Gasteiger partial charge in [-0.15, -0.1) is 0 Å². The third kappa shape index (κ3) is 5.88. The summed E-state index contributed by atoms with van der Waals surface area (Å²) in [5.41, 5.74) is 14.0. The van der Waals surface area contributed by atoms with E-state index in [1.807, 2.05) is 36.4 Å². The monoisotopic (exact) mass is 849 g/mol. The summed E-state index contributed by atoms with van der Waals surface area (Å²) < 4.78 is 12.1. The molecule has 9 aromatic carbocycles. The summed E-state index contributed by atoms with van der Waals surface area (Å²) in [7, 11) is 0. The largest absolute Gasteiger partial charge is 0.456 e. The lowest BCUT2D eigenvalue weighted by Crippen LogP contribution is -2.33. The van der Waals surface area contributed by atoms with Crippen LogP contribution in [0.5, 0.6) is 11.5 Å². The zero-order valence-corrected chi connectivity index (χ0v) is 36.5. The molecule has 66 heavy (non-hydrogen) atoms. The Labute approximate surface area is 382 Å². The minimum atomic E-state index is -0.411. The number of fused-ring (bicyclic) bond motifs is 10. The molecule has 6 heteroatoms. The first-order valence-corrected chi connectivity index (χ1v) is 22.6. The molecule has 0 aliphatic carbocycles. The smallest absolute Gasteiger partial charge is 0.159 e. The van der Waals surface area contributed by atoms with Gasteiger partial charge < -0.3 is 19.2 Å². The summed E-state index contributed by atoms with van der Waals surface area (Å²) in [6.45, 7) is 4.72. The number of amidine groups is 2. The highest BCUT2D eigenvalue weighted by Gasteiger charge is 2.39. The number of nitrogens with zero attached hydrogens (tertiary/aromatic N) is 4. The summed E-state index contributed by atoms with van der Waals surface area (Å²) in [6, 6.07) is 75.2. The highest BCUT2D eigenvalue weighted by Crippen LogP contribution is 2.55. The zero-order chi connectivity index (χ0) is 43.9. The Morgan fingerprint density at radius 1 is 0.485 bits per heavy atom. The van der Waals surface area contributed by atoms with Crippen molar-refractivity contribution in [2.75, 3.05) is 0 Å². The molecule has 0 fully saturated rings. The predicted molar refractivity (Wildman–Crippen MR) is 271 cm³/mol. The molecule has 1 unspecified atom stereocenters. The Bertz CT molecular complexity index is 3790. The summed E-state index contributed by atoms with van der Waals surface area (Å²) in [5.74, 6) is 3.30. The van der Waals surface area contributed by atoms with Crippen LogP contribution in [-0.4, -0.2) is 20.8 Å². The molecule has 0 saturated carbocycles. The average Bonchev–Trinajstić information content (AvgIpc) is 3.90. The van der Waals surface area contributed by atoms with Crippen LogP contribution in [0, 0.1) is 0 Å². The van der Waals surface area contributed by atoms with E-state index < -0.39 is 5.41 Å². The normalized spacial score (nSPS) is 15.2. The van der Waals surface area contributed by atoms with Gasteiger partial charge in [0.15, 0.2) is 5.84 Å². The molecule has 1 atom stereocenters. The van der Waals surface area contributed by atoms with Gasteiger partial charge in [-0.3, -0.25) is 0 Å². The van der Waals surface area contributed by atoms with Crippen molar-refractivity contribution in [1.82, 2.24) is 14.5 Å². The first-order valence-electron chi connectivity index (χ1n) is 22.6. The van der Waals surface area contributed by atoms with Gasteiger partial charge in [0.2, 0.25) is 0 Å². The second-order valence-electron chi connectivity index (χ2n) is 17.8. The molecule has 6 nitrogen and oxygen atoms in total. The Morgan fingerprint density at radius 3 is 1.76 bits per heavy atom. The second-order valence-corrected chi connectivity index (χ2v) is 17.8. The Balaban J connectivity index is 0.951. The third-order valence-electron chi connectivity index (χ3n) is 13.6. The van der Waals surface area contributed by atoms with E-state index in [0.717, 1.165) is 72.9 Å². The van der Waals surface area contributed by atoms with Crippen molar-refractivity contribution in [3.05, 3.63) is 240 Å². The van der Waals surface area contributed by atoms with Crippen molar-refractivity contribution in [3.8, 4) is 34.0 Å². The second kappa shape index (κ2) is 14.8. The first-order chi connectivity index (χ1) is 32.5. The molecule has 0 bridgehead atoms. The molecule has 4 heterocycles. The lowest BCUT2D eigenvalue weighted by molar-refractivity contribution is 0.426. The molecule has 0 spiro atoms. The first kappa shape index (κ1) is 38.0. The minimum absolute atomic E-state index is 0.354. The molecule has 2 aliphatic heterocycles. The number of para-hydroxylation sites is 2. The number of hydrogen-bond donors (Lipinski definition) is 1. The number of aliphatic imine (C=N–C) groups is 2. The van der Waals surface area contributed by atoms with Gasteiger partial charge in [-0.2, -0.15) is 0 Å². The van der Waals surface area contributed by atoms with Gasteiger partial charge in [0.25, 0.3) is 0 Å². The Kier molecular flexibility index (Phi) is 8.52. The van der Waals surface area contributed by atoms with Gasteiger partial charge in [0, 0.05) is 55.2 Å². The Hall–Kier alpha value is -8.48. The van der Waals surface area contributed by atoms with E-state index in [1.54, 1.807) is 0 Å². The quantitative estimate of drug-likeness (QED) is 0.181. The maximum atomic E-state index is 7.28. The van der Waals surface area contributed by atoms with Crippen molar-refractivity contribution < 1.29 is 4.74 Å². The van der Waals surface area contributed by atoms with Gasteiger partial charge in [-0.1, -0.05) is 172 Å². The summed E-state index contributed by atoms with van der Waals surface area (Å²) in [5, 5.41) is 8.35. The van der Waals surface area contributed by atoms with E-state index in [4.69, 9.17) is 14.7 Å². The van der Waals surface area contributed by atoms with E-state index in [0.29, 0.717) is 5.84 Å². The van der Waals surface area contributed by atoms with Gasteiger partial charge in [0.1, 0.15) is 23.5 Å². The SMILES string of the molecule is CC1(C)c2ccc3c(c2Oc2ccc4c(c21)c1ccccc1n4-c1cccc(C2N=C(c4ccccc4)N=C(c4ccccc4)N2)c1)c1ccccc1n3-c1cccc(-c2ccccc2)c1. The van der Waals surface area contributed by atoms with Crippen LogP contribution in [0.25, 0.3) is 66.1 Å². The molecule has 1 N–H and O–H groups in total. The maximum Gasteiger partial charge on any atom is 0.159 e. The molecule has 2 aliphatic rings. The molecule has 314 valence electrons. The molecular weight excluding hydrogens is 807 g/mol. The van der Waals surface area contributed by atoms with Gasteiger partial charge >= 0.3 is 0 Å². The van der Waals surface area contributed by atoms with Crippen LogP contribution in [0.4, 0.5) is 0 Å². The topological polar surface area (TPSA) is 55.8 Å². The maximum absolute atomic E-state index is 7.28. The summed E-state index contributed by atoms with van der Waals surface area (Å²) in [6.07, 6.45) is -0.354. The van der Waals surface area contributed by atoms with Gasteiger partial charge in [-0.25, -0.2) is 9.98 Å². The number of ether oxygens (including phenoxy) is 1. The number of aromatic nitrogens is 2. The highest BCUT2D eigenvalue weighted by molar-refractivity contribution is 6.16. The lowest BCUT2D eigenvalue weighted by atomic mass is 9.73. The summed E-state index contributed by atoms with van der Waals surface area (Å²) >= 11 is 0. The van der Waals surface area contributed by atoms with Crippen molar-refractivity contribution in [1.29, 1.82) is 0 Å². The Morgan fingerprint density at radius 2 is 1.05 bits per heavy atom. The van der Waals surface area contributed by atoms with Crippen molar-refractivity contribution >= 4 is 55.3 Å². The molecule has 2 aromatic heterocycles. The number of nitrogens with one attached hydrogen (secondary N) is 1. The van der Waals surface area contributed by atoms with Crippen LogP contribution in [-0.2, 0) is 5.41 Å². The van der Waals surface area contributed by atoms with E-state index in [2.05, 4.69) is 204 Å². The fraction of sp³-hybridized carbons (Fsp3) is 0.0667. The molecule has 0 radical (unpaired) electrons. The molecule has 13 rings (SSSR count). The van der Waals surface area contributed by atoms with Crippen LogP contribution < -0.4 is 10.1 Å². The standard InChI is InChI=1S/C60H43N5O/c1-60(2)47-32-33-51-54(46-29-13-15-31-49(46)65(51)43-26-16-24-41(36-43)38-18-6-3-7-19-38)56(47)66-52-35-34-50-53(55(52)60)45-28-12-14-30-48(45)64(50)44-27-17-25-42(37-44)59-62-57(39-20-8-4-9-21-39)61-58(63-59)40-22-10-5-11-23-40/h3-37,59H,1-2H3,(H,61,62,63). The van der Waals surface area contributed by atoms with Crippen molar-refractivity contribution in [2.45, 2.75) is 25.4 Å². The lowest BCUT2D eigenvalue weighted by Gasteiger charge is -2.35. The van der Waals surface area contributed by atoms with E-state index >= 15 is 0 Å². The van der Waals surface area contributed by atoms with Crippen LogP contribution >= 0.6 is 0 Å². The zero-order valence-electron chi connectivity index (χ0n) is 36.5. The van der Waals surface area contributed by atoms with Crippen molar-refractivity contribution in [2.24, 2.45) is 9.98 Å². The van der Waals surface area contributed by atoms with Crippen LogP contribution in [0.1, 0.15) is 47.8 Å². The van der Waals surface area contributed by atoms with Crippen LogP contribution in [0.2, 0.25) is 0 Å². The number of benzene rings is 9. The molecular formula is C60H43N5O. The van der Waals surface area contributed by atoms with Gasteiger partial charge in [0.05, 0.1) is 27.5 Å². The van der Waals surface area contributed by atoms with Crippen molar-refractivity contribution in [3.63, 3.8) is 0 Å². The highest BCUT2D eigenvalue weighted by atomic mass is 16.5. The molecule has 0 amide bonds. The van der Waals surface area contributed by atoms with Crippen LogP contribution in [0.3, 0.4) is 0 Å². The fourth-order valence-corrected chi connectivity index (χ4v) is 10.5. The van der Waals surface area contributed by atoms with E-state index in [9.17, 15) is 0 Å². The average molecular weight is 850 g/mol. The predicted octanol–water partition coefficient (Wildman–Crippen LogP) is 14.5. The minimum Gasteiger partial charge on any atom is -0.456 e. The van der Waals surface area contributed by atoms with E-state index in [1.165, 1.54) is 38.4 Å². The third-order valence-corrected chi connectivity index (χ3v) is 13.6. The van der Waals surface area contributed by atoms with Crippen LogP contribution in [0.15, 0.2) is 222 Å². The summed E-state index contributed by atoms with van der Waals surface area (Å²) in [4.78, 5) is 10.2. The van der Waals surface area contributed by atoms with E-state index in [-0.39, 0.29) is 6.17 Å². The van der Waals surface area contributed by atoms with Gasteiger partial charge in [-0.05, 0) is 71.3 Å².